The van der Waals surface area contributed by atoms with E-state index in [1.165, 1.54) is 0 Å². The van der Waals surface area contributed by atoms with E-state index in [-0.39, 0.29) is 12.5 Å². The van der Waals surface area contributed by atoms with Crippen molar-refractivity contribution in [2.75, 3.05) is 20.2 Å². The largest absolute Gasteiger partial charge is 0.497 e. The Kier molecular flexibility index (Phi) is 6.63. The van der Waals surface area contributed by atoms with Gasteiger partial charge in [-0.3, -0.25) is 14.5 Å². The van der Waals surface area contributed by atoms with E-state index in [0.29, 0.717) is 24.4 Å². The molecule has 2 N–H and O–H groups in total. The first-order chi connectivity index (χ1) is 14.7. The summed E-state index contributed by atoms with van der Waals surface area (Å²) < 4.78 is 5.13. The predicted molar refractivity (Wildman–Crippen MR) is 118 cm³/mol. The third kappa shape index (κ3) is 4.87. The molecule has 1 aliphatic rings. The zero-order valence-corrected chi connectivity index (χ0v) is 18.4. The maximum Gasteiger partial charge on any atom is 0.325 e. The topological polar surface area (TPSA) is 87.7 Å². The summed E-state index contributed by atoms with van der Waals surface area (Å²) in [5.74, 6) is 0.332. The summed E-state index contributed by atoms with van der Waals surface area (Å²) in [4.78, 5) is 38.8. The molecule has 0 spiro atoms. The van der Waals surface area contributed by atoms with Gasteiger partial charge in [0.1, 0.15) is 17.8 Å². The fourth-order valence-electron chi connectivity index (χ4n) is 3.58. The average molecular weight is 424 g/mol. The fourth-order valence-corrected chi connectivity index (χ4v) is 3.58. The number of imide groups is 1. The van der Waals surface area contributed by atoms with Gasteiger partial charge in [0.15, 0.2) is 0 Å². The maximum absolute atomic E-state index is 13.0. The lowest BCUT2D eigenvalue weighted by molar-refractivity contribution is -0.134. The van der Waals surface area contributed by atoms with Crippen LogP contribution in [0.5, 0.6) is 5.75 Å². The molecule has 31 heavy (non-hydrogen) atoms. The van der Waals surface area contributed by atoms with Crippen LogP contribution in [0.2, 0.25) is 0 Å². The molecule has 7 heteroatoms. The molecule has 1 fully saturated rings. The van der Waals surface area contributed by atoms with Crippen LogP contribution < -0.4 is 15.4 Å². The van der Waals surface area contributed by atoms with E-state index in [1.54, 1.807) is 14.0 Å². The second-order valence-corrected chi connectivity index (χ2v) is 8.17. The molecule has 1 saturated heterocycles. The molecule has 1 atom stereocenters. The summed E-state index contributed by atoms with van der Waals surface area (Å²) in [6.07, 6.45) is 0.635. The highest BCUT2D eigenvalue weighted by molar-refractivity contribution is 6.09. The fraction of sp³-hybridized carbons (Fsp3) is 0.375. The molecule has 7 nitrogen and oxygen atoms in total. The summed E-state index contributed by atoms with van der Waals surface area (Å²) in [5, 5.41) is 5.51. The number of benzene rings is 2. The molecular formula is C24H29N3O4. The minimum Gasteiger partial charge on any atom is -0.497 e. The molecule has 1 heterocycles. The molecule has 3 rings (SSSR count). The van der Waals surface area contributed by atoms with Crippen LogP contribution in [0.15, 0.2) is 48.5 Å². The number of hydrogen-bond donors (Lipinski definition) is 2. The van der Waals surface area contributed by atoms with Crippen molar-refractivity contribution < 1.29 is 19.1 Å². The Morgan fingerprint density at radius 3 is 2.32 bits per heavy atom. The Bertz CT molecular complexity index is 954. The zero-order chi connectivity index (χ0) is 22.6. The molecule has 0 bridgehead atoms. The smallest absolute Gasteiger partial charge is 0.325 e. The molecule has 0 aromatic heterocycles. The third-order valence-electron chi connectivity index (χ3n) is 5.63. The Labute approximate surface area is 182 Å². The molecule has 1 unspecified atom stereocenters. The quantitative estimate of drug-likeness (QED) is 0.639. The van der Waals surface area contributed by atoms with Crippen molar-refractivity contribution in [2.45, 2.75) is 38.6 Å². The minimum absolute atomic E-state index is 0.313. The number of carbonyl (C=O) groups is 3. The van der Waals surface area contributed by atoms with Gasteiger partial charge in [0.25, 0.3) is 5.91 Å². The second-order valence-electron chi connectivity index (χ2n) is 8.17. The Hall–Kier alpha value is -3.35. The lowest BCUT2D eigenvalue weighted by Gasteiger charge is -2.22. The number of urea groups is 1. The summed E-state index contributed by atoms with van der Waals surface area (Å²) in [5.41, 5.74) is 1.71. The number of carbonyl (C=O) groups excluding carboxylic acids is 3. The molecule has 0 saturated carbocycles. The van der Waals surface area contributed by atoms with Crippen molar-refractivity contribution in [1.29, 1.82) is 0 Å². The number of rotatable bonds is 8. The molecule has 2 aromatic carbocycles. The Balaban J connectivity index is 1.57. The van der Waals surface area contributed by atoms with Crippen LogP contribution in [0.3, 0.4) is 0 Å². The SMILES string of the molecule is COc1ccc(CCNC(=O)CN2C(=O)NC(C)(c3ccc(C(C)C)cc3)C2=O)cc1. The van der Waals surface area contributed by atoms with E-state index in [2.05, 4.69) is 24.5 Å². The van der Waals surface area contributed by atoms with Crippen LogP contribution in [0.1, 0.15) is 43.4 Å². The highest BCUT2D eigenvalue weighted by atomic mass is 16.5. The van der Waals surface area contributed by atoms with Gasteiger partial charge in [-0.05, 0) is 48.1 Å². The highest BCUT2D eigenvalue weighted by Gasteiger charge is 2.49. The van der Waals surface area contributed by atoms with E-state index in [1.807, 2.05) is 48.5 Å². The summed E-state index contributed by atoms with van der Waals surface area (Å²) in [6.45, 7) is 5.94. The van der Waals surface area contributed by atoms with Gasteiger partial charge in [-0.1, -0.05) is 50.2 Å². The molecule has 1 aliphatic heterocycles. The zero-order valence-electron chi connectivity index (χ0n) is 18.4. The normalized spacial score (nSPS) is 18.3. The van der Waals surface area contributed by atoms with Crippen LogP contribution in [-0.4, -0.2) is 42.9 Å². The lowest BCUT2D eigenvalue weighted by Crippen LogP contribution is -2.43. The van der Waals surface area contributed by atoms with Crippen LogP contribution in [-0.2, 0) is 21.5 Å². The number of ether oxygens (including phenoxy) is 1. The van der Waals surface area contributed by atoms with Crippen LogP contribution in [0, 0.1) is 0 Å². The lowest BCUT2D eigenvalue weighted by atomic mass is 9.90. The third-order valence-corrected chi connectivity index (χ3v) is 5.63. The van der Waals surface area contributed by atoms with Crippen molar-refractivity contribution in [3.05, 3.63) is 65.2 Å². The minimum atomic E-state index is -1.18. The predicted octanol–water partition coefficient (Wildman–Crippen LogP) is 2.94. The van der Waals surface area contributed by atoms with Gasteiger partial charge in [-0.2, -0.15) is 0 Å². The van der Waals surface area contributed by atoms with Gasteiger partial charge in [0.05, 0.1) is 7.11 Å². The van der Waals surface area contributed by atoms with Crippen LogP contribution in [0.4, 0.5) is 4.79 Å². The standard InChI is InChI=1S/C24H29N3O4/c1-16(2)18-7-9-19(10-8-18)24(3)22(29)27(23(30)26-24)15-21(28)25-14-13-17-5-11-20(31-4)12-6-17/h5-12,16H,13-15H2,1-4H3,(H,25,28)(H,26,30). The van der Waals surface area contributed by atoms with Gasteiger partial charge >= 0.3 is 6.03 Å². The van der Waals surface area contributed by atoms with Gasteiger partial charge < -0.3 is 15.4 Å². The van der Waals surface area contributed by atoms with Crippen LogP contribution >= 0.6 is 0 Å². The number of methoxy groups -OCH3 is 1. The molecular weight excluding hydrogens is 394 g/mol. The maximum atomic E-state index is 13.0. The molecule has 2 aromatic rings. The van der Waals surface area contributed by atoms with Crippen LogP contribution in [0.25, 0.3) is 0 Å². The van der Waals surface area contributed by atoms with Crippen molar-refractivity contribution >= 4 is 17.8 Å². The van der Waals surface area contributed by atoms with Gasteiger partial charge in [0, 0.05) is 6.54 Å². The van der Waals surface area contributed by atoms with E-state index < -0.39 is 17.5 Å². The number of nitrogens with zero attached hydrogens (tertiary/aromatic N) is 1. The number of hydrogen-bond acceptors (Lipinski definition) is 4. The monoisotopic (exact) mass is 423 g/mol. The number of nitrogens with one attached hydrogen (secondary N) is 2. The first kappa shape index (κ1) is 22.3. The summed E-state index contributed by atoms with van der Waals surface area (Å²) in [6, 6.07) is 14.6. The highest BCUT2D eigenvalue weighted by Crippen LogP contribution is 2.29. The van der Waals surface area contributed by atoms with Crippen molar-refractivity contribution in [3.63, 3.8) is 0 Å². The second kappa shape index (κ2) is 9.20. The van der Waals surface area contributed by atoms with Crippen molar-refractivity contribution in [1.82, 2.24) is 15.5 Å². The first-order valence-electron chi connectivity index (χ1n) is 10.4. The molecule has 4 amide bonds. The van der Waals surface area contributed by atoms with Gasteiger partial charge in [-0.15, -0.1) is 0 Å². The Morgan fingerprint density at radius 1 is 1.10 bits per heavy atom. The Morgan fingerprint density at radius 2 is 1.74 bits per heavy atom. The van der Waals surface area contributed by atoms with E-state index in [9.17, 15) is 14.4 Å². The average Bonchev–Trinajstić information content (AvgIpc) is 2.98. The van der Waals surface area contributed by atoms with E-state index >= 15 is 0 Å². The van der Waals surface area contributed by atoms with Gasteiger partial charge in [-0.25, -0.2) is 4.79 Å². The van der Waals surface area contributed by atoms with Gasteiger partial charge in [0.2, 0.25) is 5.91 Å². The number of amides is 4. The molecule has 0 aliphatic carbocycles. The molecule has 0 radical (unpaired) electrons. The summed E-state index contributed by atoms with van der Waals surface area (Å²) in [7, 11) is 1.61. The van der Waals surface area contributed by atoms with E-state index in [0.717, 1.165) is 21.8 Å². The first-order valence-corrected chi connectivity index (χ1v) is 10.4. The molecule has 164 valence electrons. The van der Waals surface area contributed by atoms with Crippen molar-refractivity contribution in [2.24, 2.45) is 0 Å². The van der Waals surface area contributed by atoms with Crippen molar-refractivity contribution in [3.8, 4) is 5.75 Å². The summed E-state index contributed by atoms with van der Waals surface area (Å²) >= 11 is 0. The van der Waals surface area contributed by atoms with E-state index in [4.69, 9.17) is 4.74 Å².